The molecule has 1 aromatic rings. The van der Waals surface area contributed by atoms with Crippen molar-refractivity contribution in [3.05, 3.63) is 17.2 Å². The van der Waals surface area contributed by atoms with Crippen LogP contribution in [0.5, 0.6) is 17.2 Å². The van der Waals surface area contributed by atoms with Crippen LogP contribution in [0.15, 0.2) is 6.07 Å². The van der Waals surface area contributed by atoms with Crippen LogP contribution >= 0.6 is 0 Å². The van der Waals surface area contributed by atoms with Crippen LogP contribution in [0, 0.1) is 10.8 Å². The lowest BCUT2D eigenvalue weighted by molar-refractivity contribution is -0.143. The molecular weight excluding hydrogens is 356 g/mol. The van der Waals surface area contributed by atoms with E-state index in [1.807, 2.05) is 0 Å². The van der Waals surface area contributed by atoms with E-state index >= 15 is 0 Å². The molecule has 1 aromatic carbocycles. The zero-order chi connectivity index (χ0) is 20.9. The molecule has 0 amide bonds. The quantitative estimate of drug-likeness (QED) is 0.293. The topological polar surface area (TPSA) is 98.0 Å². The molecule has 5 nitrogen and oxygen atoms in total. The Bertz CT molecular complexity index is 683. The van der Waals surface area contributed by atoms with Crippen LogP contribution in [0.1, 0.15) is 89.7 Å². The number of carboxylic acid groups (broad SMARTS) is 1. The summed E-state index contributed by atoms with van der Waals surface area (Å²) in [6.45, 7) is 6.65. The van der Waals surface area contributed by atoms with Crippen molar-refractivity contribution in [3.8, 4) is 17.2 Å². The van der Waals surface area contributed by atoms with E-state index in [0.717, 1.165) is 69.8 Å². The van der Waals surface area contributed by atoms with Gasteiger partial charge >= 0.3 is 5.97 Å². The van der Waals surface area contributed by atoms with E-state index in [2.05, 4.69) is 20.8 Å². The molecule has 1 fully saturated rings. The monoisotopic (exact) mass is 392 g/mol. The second-order valence-electron chi connectivity index (χ2n) is 9.64. The smallest absolute Gasteiger partial charge is 0.309 e. The number of hydrogen-bond donors (Lipinski definition) is 4. The first kappa shape index (κ1) is 22.4. The number of phenolic OH excluding ortho intramolecular Hbond substituents is 3. The van der Waals surface area contributed by atoms with Gasteiger partial charge in [0.15, 0.2) is 11.5 Å². The summed E-state index contributed by atoms with van der Waals surface area (Å²) in [5, 5.41) is 39.3. The van der Waals surface area contributed by atoms with E-state index in [1.54, 1.807) is 6.07 Å². The fraction of sp³-hybridized carbons (Fsp3) is 0.696. The number of phenols is 3. The second-order valence-corrected chi connectivity index (χ2v) is 9.64. The molecule has 0 bridgehead atoms. The molecule has 0 spiro atoms. The number of rotatable bonds is 11. The number of carbonyl (C=O) groups is 1. The van der Waals surface area contributed by atoms with Crippen LogP contribution < -0.4 is 0 Å². The lowest BCUT2D eigenvalue weighted by atomic mass is 9.88. The molecule has 1 aliphatic rings. The molecule has 0 unspecified atom stereocenters. The fourth-order valence-electron chi connectivity index (χ4n) is 3.87. The van der Waals surface area contributed by atoms with Crippen LogP contribution in [0.3, 0.4) is 0 Å². The first-order chi connectivity index (χ1) is 13.1. The summed E-state index contributed by atoms with van der Waals surface area (Å²) in [7, 11) is 0. The summed E-state index contributed by atoms with van der Waals surface area (Å²) >= 11 is 0. The largest absolute Gasteiger partial charge is 0.504 e. The van der Waals surface area contributed by atoms with Gasteiger partial charge in [-0.2, -0.15) is 0 Å². The maximum absolute atomic E-state index is 11.2. The Kier molecular flexibility index (Phi) is 7.24. The maximum atomic E-state index is 11.2. The van der Waals surface area contributed by atoms with Gasteiger partial charge in [-0.05, 0) is 68.4 Å². The van der Waals surface area contributed by atoms with Gasteiger partial charge in [-0.25, -0.2) is 0 Å². The summed E-state index contributed by atoms with van der Waals surface area (Å²) in [6.07, 6.45) is 9.39. The van der Waals surface area contributed by atoms with Gasteiger partial charge in [-0.1, -0.05) is 40.0 Å². The van der Waals surface area contributed by atoms with Crippen molar-refractivity contribution in [3.63, 3.8) is 0 Å². The van der Waals surface area contributed by atoms with E-state index < -0.39 is 17.1 Å². The zero-order valence-corrected chi connectivity index (χ0v) is 17.6. The molecule has 0 aromatic heterocycles. The standard InChI is InChI=1S/C23H36O5/c1-22(2,3)11-8-6-9-16-15-18(24)20(26)19(25)17(16)10-5-4-7-12-23(13-14-23)21(27)28/h15,24-26H,4-14H2,1-3H3,(H,27,28). The van der Waals surface area contributed by atoms with Crippen molar-refractivity contribution in [2.45, 2.75) is 91.4 Å². The van der Waals surface area contributed by atoms with Gasteiger partial charge in [0.25, 0.3) is 0 Å². The van der Waals surface area contributed by atoms with Crippen molar-refractivity contribution in [1.82, 2.24) is 0 Å². The fourth-order valence-corrected chi connectivity index (χ4v) is 3.87. The Morgan fingerprint density at radius 1 is 0.964 bits per heavy atom. The zero-order valence-electron chi connectivity index (χ0n) is 17.6. The molecule has 0 saturated heterocycles. The molecule has 28 heavy (non-hydrogen) atoms. The Morgan fingerprint density at radius 3 is 2.18 bits per heavy atom. The SMILES string of the molecule is CC(C)(C)CCCCc1cc(O)c(O)c(O)c1CCCCCC1(C(=O)O)CC1. The average Bonchev–Trinajstić information content (AvgIpc) is 3.39. The first-order valence-electron chi connectivity index (χ1n) is 10.5. The molecule has 158 valence electrons. The third-order valence-electron chi connectivity index (χ3n) is 5.96. The number of hydrogen-bond acceptors (Lipinski definition) is 4. The molecule has 0 radical (unpaired) electrons. The molecule has 0 aliphatic heterocycles. The molecule has 4 N–H and O–H groups in total. The Morgan fingerprint density at radius 2 is 1.61 bits per heavy atom. The molecule has 2 rings (SSSR count). The van der Waals surface area contributed by atoms with Crippen LogP contribution in [0.2, 0.25) is 0 Å². The number of benzene rings is 1. The molecule has 1 aliphatic carbocycles. The number of aliphatic carboxylic acids is 1. The summed E-state index contributed by atoms with van der Waals surface area (Å²) in [4.78, 5) is 11.2. The van der Waals surface area contributed by atoms with Gasteiger partial charge in [0.1, 0.15) is 0 Å². The summed E-state index contributed by atoms with van der Waals surface area (Å²) < 4.78 is 0. The number of carboxylic acids is 1. The van der Waals surface area contributed by atoms with Gasteiger partial charge in [0, 0.05) is 5.56 Å². The van der Waals surface area contributed by atoms with E-state index in [0.29, 0.717) is 12.0 Å². The van der Waals surface area contributed by atoms with Crippen molar-refractivity contribution in [1.29, 1.82) is 0 Å². The Hall–Kier alpha value is -1.91. The van der Waals surface area contributed by atoms with E-state index in [-0.39, 0.29) is 16.9 Å². The molecule has 0 heterocycles. The highest BCUT2D eigenvalue weighted by Crippen LogP contribution is 2.50. The van der Waals surface area contributed by atoms with Crippen LogP contribution in [0.4, 0.5) is 0 Å². The van der Waals surface area contributed by atoms with Crippen LogP contribution in [0.25, 0.3) is 0 Å². The maximum Gasteiger partial charge on any atom is 0.309 e. The van der Waals surface area contributed by atoms with Crippen molar-refractivity contribution in [2.24, 2.45) is 10.8 Å². The second kappa shape index (κ2) is 9.06. The number of aryl methyl sites for hydroxylation is 1. The Labute approximate surface area is 168 Å². The number of unbranched alkanes of at least 4 members (excludes halogenated alkanes) is 3. The molecule has 1 saturated carbocycles. The summed E-state index contributed by atoms with van der Waals surface area (Å²) in [5.41, 5.74) is 1.42. The summed E-state index contributed by atoms with van der Waals surface area (Å²) in [5.74, 6) is -1.61. The summed E-state index contributed by atoms with van der Waals surface area (Å²) in [6, 6.07) is 1.57. The van der Waals surface area contributed by atoms with Gasteiger partial charge in [0.05, 0.1) is 5.41 Å². The highest BCUT2D eigenvalue weighted by molar-refractivity contribution is 5.77. The molecule has 0 atom stereocenters. The lowest BCUT2D eigenvalue weighted by Crippen LogP contribution is -2.14. The molecular formula is C23H36O5. The lowest BCUT2D eigenvalue weighted by Gasteiger charge is -2.18. The minimum Gasteiger partial charge on any atom is -0.504 e. The Balaban J connectivity index is 1.90. The van der Waals surface area contributed by atoms with Gasteiger partial charge in [0.2, 0.25) is 5.75 Å². The van der Waals surface area contributed by atoms with Gasteiger partial charge in [-0.3, -0.25) is 4.79 Å². The normalized spacial score (nSPS) is 15.5. The predicted molar refractivity (Wildman–Crippen MR) is 110 cm³/mol. The van der Waals surface area contributed by atoms with E-state index in [1.165, 1.54) is 0 Å². The average molecular weight is 393 g/mol. The van der Waals surface area contributed by atoms with E-state index in [9.17, 15) is 25.2 Å². The number of aromatic hydroxyl groups is 3. The van der Waals surface area contributed by atoms with Crippen molar-refractivity contribution >= 4 is 5.97 Å². The minimum atomic E-state index is -0.675. The van der Waals surface area contributed by atoms with Crippen molar-refractivity contribution in [2.75, 3.05) is 0 Å². The van der Waals surface area contributed by atoms with Gasteiger partial charge < -0.3 is 20.4 Å². The third-order valence-corrected chi connectivity index (χ3v) is 5.96. The molecule has 5 heteroatoms. The van der Waals surface area contributed by atoms with Crippen LogP contribution in [-0.2, 0) is 17.6 Å². The first-order valence-corrected chi connectivity index (χ1v) is 10.5. The predicted octanol–water partition coefficient (Wildman–Crippen LogP) is 5.53. The van der Waals surface area contributed by atoms with Crippen LogP contribution in [-0.4, -0.2) is 26.4 Å². The third kappa shape index (κ3) is 6.05. The van der Waals surface area contributed by atoms with E-state index in [4.69, 9.17) is 0 Å². The highest BCUT2D eigenvalue weighted by atomic mass is 16.4. The minimum absolute atomic E-state index is 0.213. The van der Waals surface area contributed by atoms with Gasteiger partial charge in [-0.15, -0.1) is 0 Å². The van der Waals surface area contributed by atoms with Crippen molar-refractivity contribution < 1.29 is 25.2 Å². The highest BCUT2D eigenvalue weighted by Gasteiger charge is 2.49.